The highest BCUT2D eigenvalue weighted by atomic mass is 32.2. The third-order valence-corrected chi connectivity index (χ3v) is 11.5. The first-order valence-electron chi connectivity index (χ1n) is 18.4. The molecule has 0 spiro atoms. The van der Waals surface area contributed by atoms with E-state index in [2.05, 4.69) is 10.6 Å². The van der Waals surface area contributed by atoms with Crippen LogP contribution in [-0.4, -0.2) is 84.0 Å². The van der Waals surface area contributed by atoms with Crippen LogP contribution in [0, 0.1) is 23.4 Å². The van der Waals surface area contributed by atoms with Gasteiger partial charge in [0.05, 0.1) is 13.1 Å². The highest BCUT2D eigenvalue weighted by molar-refractivity contribution is 7.90. The number of sulfonamides is 1. The van der Waals surface area contributed by atoms with Gasteiger partial charge in [-0.05, 0) is 76.3 Å². The Morgan fingerprint density at radius 2 is 1.77 bits per heavy atom. The molecule has 14 nitrogen and oxygen atoms in total. The summed E-state index contributed by atoms with van der Waals surface area (Å²) in [5.74, 6) is -6.34. The minimum atomic E-state index is -4.96. The van der Waals surface area contributed by atoms with Gasteiger partial charge in [0.25, 0.3) is 15.9 Å². The van der Waals surface area contributed by atoms with Crippen LogP contribution in [0.4, 0.5) is 22.8 Å². The van der Waals surface area contributed by atoms with Gasteiger partial charge in [0.15, 0.2) is 0 Å². The second-order valence-electron chi connectivity index (χ2n) is 15.5. The molecule has 3 aliphatic heterocycles. The lowest BCUT2D eigenvalue weighted by molar-refractivity contribution is -0.141. The molecule has 5 amide bonds. The van der Waals surface area contributed by atoms with Crippen molar-refractivity contribution in [1.82, 2.24) is 25.2 Å². The van der Waals surface area contributed by atoms with E-state index in [0.29, 0.717) is 55.0 Å². The zero-order valence-electron chi connectivity index (χ0n) is 31.1. The molecule has 3 N–H and O–H groups in total. The number of amides is 5. The number of nitrogens with zero attached hydrogens (tertiary/aromatic N) is 2. The number of fused-ring (bicyclic) bond motifs is 3. The number of rotatable bonds is 5. The lowest BCUT2D eigenvalue weighted by Crippen LogP contribution is -2.58. The van der Waals surface area contributed by atoms with Crippen LogP contribution in [0.3, 0.4) is 0 Å². The number of halogens is 3. The summed E-state index contributed by atoms with van der Waals surface area (Å²) in [5.41, 5.74) is -1.82. The van der Waals surface area contributed by atoms with Gasteiger partial charge in [-0.1, -0.05) is 37.1 Å². The van der Waals surface area contributed by atoms with E-state index < -0.39 is 97.5 Å². The molecule has 5 atom stereocenters. The Morgan fingerprint density at radius 1 is 1.00 bits per heavy atom. The Balaban J connectivity index is 1.27. The summed E-state index contributed by atoms with van der Waals surface area (Å²) in [6.07, 6.45) is 2.92. The molecule has 302 valence electrons. The minimum absolute atomic E-state index is 0.0586. The molecule has 1 aliphatic carbocycles. The molecule has 3 heterocycles. The van der Waals surface area contributed by atoms with Gasteiger partial charge in [-0.3, -0.25) is 19.3 Å². The molecule has 18 heteroatoms. The minimum Gasteiger partial charge on any atom is -0.444 e. The van der Waals surface area contributed by atoms with Gasteiger partial charge in [-0.2, -0.15) is 0 Å². The molecule has 2 aromatic rings. The van der Waals surface area contributed by atoms with Crippen LogP contribution in [0.5, 0.6) is 0 Å². The number of carbonyl (C=O) groups excluding carboxylic acids is 5. The number of benzene rings is 2. The van der Waals surface area contributed by atoms with E-state index in [-0.39, 0.29) is 38.9 Å². The van der Waals surface area contributed by atoms with Crippen LogP contribution in [0.1, 0.15) is 76.8 Å². The monoisotopic (exact) mass is 803 g/mol. The summed E-state index contributed by atoms with van der Waals surface area (Å²) in [6, 6.07) is 3.69. The molecule has 0 unspecified atom stereocenters. The fourth-order valence-corrected chi connectivity index (χ4v) is 8.42. The topological polar surface area (TPSA) is 181 Å². The van der Waals surface area contributed by atoms with Crippen LogP contribution < -0.4 is 15.4 Å². The van der Waals surface area contributed by atoms with E-state index in [1.54, 1.807) is 43.7 Å². The molecule has 4 aliphatic rings. The number of ether oxygens (including phenoxy) is 2. The summed E-state index contributed by atoms with van der Waals surface area (Å²) in [6.45, 7) is 4.69. The smallest absolute Gasteiger partial charge is 0.410 e. The molecular formula is C38H44F3N5O9S. The van der Waals surface area contributed by atoms with Crippen molar-refractivity contribution in [2.75, 3.05) is 6.54 Å². The summed E-state index contributed by atoms with van der Waals surface area (Å²) in [5, 5.41) is 5.25. The van der Waals surface area contributed by atoms with E-state index in [0.717, 1.165) is 4.90 Å². The summed E-state index contributed by atoms with van der Waals surface area (Å²) in [4.78, 5) is 70.0. The molecule has 1 saturated carbocycles. The average molecular weight is 804 g/mol. The van der Waals surface area contributed by atoms with Crippen LogP contribution in [0.25, 0.3) is 0 Å². The number of allylic oxidation sites excluding steroid dienone is 1. The van der Waals surface area contributed by atoms with Gasteiger partial charge < -0.3 is 25.0 Å². The van der Waals surface area contributed by atoms with Gasteiger partial charge >= 0.3 is 12.2 Å². The van der Waals surface area contributed by atoms with Crippen molar-refractivity contribution in [2.24, 2.45) is 5.92 Å². The lowest BCUT2D eigenvalue weighted by atomic mass is 10.0. The van der Waals surface area contributed by atoms with E-state index >= 15 is 0 Å². The van der Waals surface area contributed by atoms with E-state index in [4.69, 9.17) is 9.47 Å². The fraction of sp³-hybridized carbons (Fsp3) is 0.500. The van der Waals surface area contributed by atoms with E-state index in [9.17, 15) is 45.6 Å². The lowest BCUT2D eigenvalue weighted by Gasteiger charge is -2.30. The predicted molar refractivity (Wildman–Crippen MR) is 192 cm³/mol. The summed E-state index contributed by atoms with van der Waals surface area (Å²) in [7, 11) is -4.96. The molecule has 2 fully saturated rings. The standard InChI is InChI=1S/C38H44F3N5O9S/c1-37(2,3)55-35(50)42-29-13-8-6-4-5-7-11-23-18-38(23,34(49)44-56(52,53)31-16-24(39)14-15-28(31)41)43-32(47)30-17-25(20-46(30)33(29)48)54-36(51)45-19-22-10-9-12-27(40)26(22)21-45/h7,9-12,14-16,23,25,29-30H,4-6,8,13,17-21H2,1-3H3,(H,42,50)(H,43,47)(H,44,49)/b11-7-/t23-,25+,29-,30-,38-/m0/s1. The molecule has 6 rings (SSSR count). The molecule has 0 aromatic heterocycles. The number of hydrogen-bond donors (Lipinski definition) is 3. The maximum Gasteiger partial charge on any atom is 0.410 e. The second-order valence-corrected chi connectivity index (χ2v) is 17.2. The van der Waals surface area contributed by atoms with Crippen molar-refractivity contribution in [3.63, 3.8) is 0 Å². The highest BCUT2D eigenvalue weighted by Gasteiger charge is 2.62. The third-order valence-electron chi connectivity index (χ3n) is 10.2. The Morgan fingerprint density at radius 3 is 2.50 bits per heavy atom. The van der Waals surface area contributed by atoms with Crippen LogP contribution in [0.15, 0.2) is 53.4 Å². The van der Waals surface area contributed by atoms with E-state index in [1.165, 1.54) is 17.0 Å². The Labute approximate surface area is 322 Å². The number of nitrogens with one attached hydrogen (secondary N) is 3. The average Bonchev–Trinajstić information content (AvgIpc) is 3.41. The zero-order chi connectivity index (χ0) is 40.6. The quantitative estimate of drug-likeness (QED) is 0.371. The summed E-state index contributed by atoms with van der Waals surface area (Å²) < 4.78 is 82.1. The van der Waals surface area contributed by atoms with Crippen molar-refractivity contribution in [1.29, 1.82) is 0 Å². The number of carbonyl (C=O) groups is 5. The first kappa shape index (κ1) is 40.5. The normalized spacial score (nSPS) is 26.0. The van der Waals surface area contributed by atoms with Crippen molar-refractivity contribution in [3.8, 4) is 0 Å². The molecule has 56 heavy (non-hydrogen) atoms. The third kappa shape index (κ3) is 8.95. The first-order valence-corrected chi connectivity index (χ1v) is 19.9. The van der Waals surface area contributed by atoms with Gasteiger partial charge in [0.2, 0.25) is 11.8 Å². The highest BCUT2D eigenvalue weighted by Crippen LogP contribution is 2.46. The maximum atomic E-state index is 14.5. The second kappa shape index (κ2) is 15.8. The Hall–Kier alpha value is -5.13. The molecular weight excluding hydrogens is 760 g/mol. The van der Waals surface area contributed by atoms with Crippen molar-refractivity contribution in [2.45, 2.75) is 113 Å². The fourth-order valence-electron chi connectivity index (χ4n) is 7.29. The van der Waals surface area contributed by atoms with Crippen LogP contribution in [-0.2, 0) is 47.0 Å². The number of alkyl carbamates (subject to hydrolysis) is 1. The van der Waals surface area contributed by atoms with Crippen LogP contribution >= 0.6 is 0 Å². The molecule has 2 aromatic carbocycles. The van der Waals surface area contributed by atoms with Crippen molar-refractivity contribution in [3.05, 3.63) is 77.1 Å². The van der Waals surface area contributed by atoms with Crippen LogP contribution in [0.2, 0.25) is 0 Å². The van der Waals surface area contributed by atoms with Gasteiger partial charge in [0.1, 0.15) is 51.7 Å². The zero-order valence-corrected chi connectivity index (χ0v) is 31.9. The Bertz CT molecular complexity index is 2060. The molecule has 0 bridgehead atoms. The van der Waals surface area contributed by atoms with Gasteiger partial charge in [0, 0.05) is 24.4 Å². The van der Waals surface area contributed by atoms with Gasteiger partial charge in [-0.15, -0.1) is 0 Å². The van der Waals surface area contributed by atoms with Gasteiger partial charge in [-0.25, -0.2) is 35.9 Å². The summed E-state index contributed by atoms with van der Waals surface area (Å²) >= 11 is 0. The predicted octanol–water partition coefficient (Wildman–Crippen LogP) is 4.32. The van der Waals surface area contributed by atoms with Crippen molar-refractivity contribution >= 4 is 39.9 Å². The largest absolute Gasteiger partial charge is 0.444 e. The molecule has 0 radical (unpaired) electrons. The number of hydrogen-bond acceptors (Lipinski definition) is 9. The first-order chi connectivity index (χ1) is 26.4. The van der Waals surface area contributed by atoms with E-state index in [1.807, 2.05) is 0 Å². The maximum absolute atomic E-state index is 14.5. The molecule has 1 saturated heterocycles. The van der Waals surface area contributed by atoms with Crippen molar-refractivity contribution < 1.29 is 55.0 Å². The SMILES string of the molecule is CC(C)(C)OC(=O)N[C@H]1CCCCC/C=C\[C@H]2C[C@]2(C(=O)NS(=O)(=O)c2cc(F)ccc2F)NC(=O)[C@@H]2C[C@@H](OC(=O)N3Cc4cccc(F)c4C3)CN2C1=O. The Kier molecular flexibility index (Phi) is 11.4.